The van der Waals surface area contributed by atoms with Crippen molar-refractivity contribution in [2.75, 3.05) is 32.9 Å². The third-order valence-corrected chi connectivity index (χ3v) is 5.59. The molecule has 2 rings (SSSR count). The Morgan fingerprint density at radius 2 is 1.92 bits per heavy atom. The van der Waals surface area contributed by atoms with E-state index in [1.54, 1.807) is 5.32 Å². The van der Waals surface area contributed by atoms with Crippen LogP contribution in [0.4, 0.5) is 4.79 Å². The minimum Gasteiger partial charge on any atom is -0.452 e. The number of esters is 1. The van der Waals surface area contributed by atoms with Gasteiger partial charge in [0.25, 0.3) is 5.91 Å². The summed E-state index contributed by atoms with van der Waals surface area (Å²) in [5.41, 5.74) is 4.53. The highest BCUT2D eigenvalue weighted by Gasteiger charge is 2.28. The third-order valence-electron chi connectivity index (χ3n) is 3.36. The maximum atomic E-state index is 12.6. The summed E-state index contributed by atoms with van der Waals surface area (Å²) in [6.07, 6.45) is 0. The van der Waals surface area contributed by atoms with E-state index in [4.69, 9.17) is 26.8 Å². The average Bonchev–Trinajstić information content (AvgIpc) is 2.60. The zero-order chi connectivity index (χ0) is 19.3. The van der Waals surface area contributed by atoms with Gasteiger partial charge in [0.1, 0.15) is 0 Å². The van der Waals surface area contributed by atoms with Crippen LogP contribution in [0.5, 0.6) is 0 Å². The molecular formula is C14H16ClN3O7S. The number of urea groups is 1. The third kappa shape index (κ3) is 4.91. The Morgan fingerprint density at radius 3 is 2.54 bits per heavy atom. The zero-order valence-electron chi connectivity index (χ0n) is 13.4. The SMILES string of the molecule is NC(=O)NC(=O)COC(=O)c1cc(S(=O)(=O)N2CCOCC2)ccc1Cl. The highest BCUT2D eigenvalue weighted by Crippen LogP contribution is 2.24. The molecule has 0 saturated carbocycles. The molecule has 10 nitrogen and oxygen atoms in total. The van der Waals surface area contributed by atoms with E-state index in [0.717, 1.165) is 6.07 Å². The summed E-state index contributed by atoms with van der Waals surface area (Å²) in [6, 6.07) is 2.49. The van der Waals surface area contributed by atoms with E-state index in [-0.39, 0.29) is 41.8 Å². The molecule has 142 valence electrons. The number of sulfonamides is 1. The van der Waals surface area contributed by atoms with Crippen LogP contribution < -0.4 is 11.1 Å². The van der Waals surface area contributed by atoms with Crippen molar-refractivity contribution in [1.82, 2.24) is 9.62 Å². The molecule has 0 aromatic heterocycles. The maximum absolute atomic E-state index is 12.6. The zero-order valence-corrected chi connectivity index (χ0v) is 15.0. The molecule has 0 spiro atoms. The number of morpholine rings is 1. The quantitative estimate of drug-likeness (QED) is 0.640. The number of hydrogen-bond acceptors (Lipinski definition) is 7. The molecule has 12 heteroatoms. The summed E-state index contributed by atoms with van der Waals surface area (Å²) in [4.78, 5) is 33.7. The highest BCUT2D eigenvalue weighted by molar-refractivity contribution is 7.89. The number of amides is 3. The number of nitrogens with one attached hydrogen (secondary N) is 1. The number of imide groups is 1. The Kier molecular flexibility index (Phi) is 6.53. The first-order valence-electron chi connectivity index (χ1n) is 7.35. The van der Waals surface area contributed by atoms with Crippen LogP contribution in [-0.4, -0.2) is 63.5 Å². The molecule has 3 amide bonds. The molecule has 1 saturated heterocycles. The fraction of sp³-hybridized carbons (Fsp3) is 0.357. The molecule has 1 aliphatic rings. The number of carbonyl (C=O) groups excluding carboxylic acids is 3. The smallest absolute Gasteiger partial charge is 0.340 e. The standard InChI is InChI=1S/C14H16ClN3O7S/c15-11-2-1-9(26(22,23)18-3-5-24-6-4-18)7-10(11)13(20)25-8-12(19)17-14(16)21/h1-2,7H,3-6,8H2,(H3,16,17,19,21). The fourth-order valence-corrected chi connectivity index (χ4v) is 3.77. The van der Waals surface area contributed by atoms with Gasteiger partial charge in [0.05, 0.1) is 28.7 Å². The molecule has 1 aromatic carbocycles. The lowest BCUT2D eigenvalue weighted by molar-refractivity contribution is -0.123. The lowest BCUT2D eigenvalue weighted by atomic mass is 10.2. The number of ether oxygens (including phenoxy) is 2. The average molecular weight is 406 g/mol. The van der Waals surface area contributed by atoms with Gasteiger partial charge in [-0.15, -0.1) is 0 Å². The van der Waals surface area contributed by atoms with Gasteiger partial charge in [0, 0.05) is 13.1 Å². The van der Waals surface area contributed by atoms with E-state index in [2.05, 4.69) is 0 Å². The fourth-order valence-electron chi connectivity index (χ4n) is 2.14. The normalized spacial score (nSPS) is 15.3. The van der Waals surface area contributed by atoms with Crippen LogP contribution in [0.2, 0.25) is 5.02 Å². The van der Waals surface area contributed by atoms with Crippen molar-refractivity contribution in [1.29, 1.82) is 0 Å². The van der Waals surface area contributed by atoms with Crippen molar-refractivity contribution in [3.05, 3.63) is 28.8 Å². The largest absolute Gasteiger partial charge is 0.452 e. The minimum absolute atomic E-state index is 0.0498. The topological polar surface area (TPSA) is 145 Å². The van der Waals surface area contributed by atoms with Gasteiger partial charge >= 0.3 is 12.0 Å². The van der Waals surface area contributed by atoms with E-state index >= 15 is 0 Å². The van der Waals surface area contributed by atoms with Crippen LogP contribution in [-0.2, 0) is 24.3 Å². The Bertz CT molecular complexity index is 822. The molecule has 0 radical (unpaired) electrons. The molecule has 1 aliphatic heterocycles. The van der Waals surface area contributed by atoms with Crippen LogP contribution in [0.15, 0.2) is 23.1 Å². The molecule has 1 heterocycles. The van der Waals surface area contributed by atoms with E-state index < -0.39 is 34.5 Å². The summed E-state index contributed by atoms with van der Waals surface area (Å²) in [5, 5.41) is 1.67. The number of nitrogens with two attached hydrogens (primary N) is 1. The summed E-state index contributed by atoms with van der Waals surface area (Å²) in [6.45, 7) is 0.155. The van der Waals surface area contributed by atoms with Gasteiger partial charge in [-0.3, -0.25) is 10.1 Å². The van der Waals surface area contributed by atoms with Gasteiger partial charge in [0.2, 0.25) is 10.0 Å². The molecule has 1 aromatic rings. The van der Waals surface area contributed by atoms with Gasteiger partial charge in [-0.2, -0.15) is 4.31 Å². The van der Waals surface area contributed by atoms with Crippen LogP contribution >= 0.6 is 11.6 Å². The lowest BCUT2D eigenvalue weighted by Gasteiger charge is -2.26. The minimum atomic E-state index is -3.84. The Morgan fingerprint density at radius 1 is 1.27 bits per heavy atom. The van der Waals surface area contributed by atoms with Crippen LogP contribution in [0.3, 0.4) is 0 Å². The summed E-state index contributed by atoms with van der Waals surface area (Å²) in [7, 11) is -3.84. The van der Waals surface area contributed by atoms with Crippen molar-refractivity contribution in [3.63, 3.8) is 0 Å². The monoisotopic (exact) mass is 405 g/mol. The van der Waals surface area contributed by atoms with Crippen molar-refractivity contribution in [3.8, 4) is 0 Å². The van der Waals surface area contributed by atoms with Crippen LogP contribution in [0, 0.1) is 0 Å². The van der Waals surface area contributed by atoms with E-state index in [0.29, 0.717) is 0 Å². The van der Waals surface area contributed by atoms with Crippen molar-refractivity contribution in [2.24, 2.45) is 5.73 Å². The second kappa shape index (κ2) is 8.45. The molecule has 26 heavy (non-hydrogen) atoms. The van der Waals surface area contributed by atoms with Gasteiger partial charge in [-0.25, -0.2) is 18.0 Å². The number of carbonyl (C=O) groups is 3. The molecule has 0 aliphatic carbocycles. The Labute approximate surface area is 154 Å². The first-order valence-corrected chi connectivity index (χ1v) is 9.17. The van der Waals surface area contributed by atoms with E-state index in [1.807, 2.05) is 0 Å². The predicted octanol–water partition coefficient (Wildman–Crippen LogP) is -0.287. The van der Waals surface area contributed by atoms with Gasteiger partial charge in [-0.1, -0.05) is 11.6 Å². The van der Waals surface area contributed by atoms with Gasteiger partial charge in [0.15, 0.2) is 6.61 Å². The Hall–Kier alpha value is -2.21. The van der Waals surface area contributed by atoms with Crippen molar-refractivity contribution in [2.45, 2.75) is 4.90 Å². The number of nitrogens with zero attached hydrogens (tertiary/aromatic N) is 1. The molecule has 0 bridgehead atoms. The van der Waals surface area contributed by atoms with Crippen molar-refractivity contribution < 1.29 is 32.3 Å². The molecule has 1 fully saturated rings. The highest BCUT2D eigenvalue weighted by atomic mass is 35.5. The number of primary amides is 1. The van der Waals surface area contributed by atoms with Crippen LogP contribution in [0.25, 0.3) is 0 Å². The second-order valence-corrected chi connectivity index (χ2v) is 7.49. The first-order chi connectivity index (χ1) is 12.2. The number of rotatable bonds is 5. The van der Waals surface area contributed by atoms with Gasteiger partial charge in [-0.05, 0) is 18.2 Å². The van der Waals surface area contributed by atoms with Crippen molar-refractivity contribution >= 4 is 39.5 Å². The Balaban J connectivity index is 2.17. The second-order valence-electron chi connectivity index (χ2n) is 5.15. The van der Waals surface area contributed by atoms with E-state index in [9.17, 15) is 22.8 Å². The summed E-state index contributed by atoms with van der Waals surface area (Å²) in [5.74, 6) is -1.95. The lowest BCUT2D eigenvalue weighted by Crippen LogP contribution is -2.40. The molecular weight excluding hydrogens is 390 g/mol. The number of halogens is 1. The number of hydrogen-bond donors (Lipinski definition) is 2. The first kappa shape index (κ1) is 20.1. The molecule has 0 unspecified atom stereocenters. The number of benzene rings is 1. The summed E-state index contributed by atoms with van der Waals surface area (Å²) >= 11 is 5.92. The molecule has 3 N–H and O–H groups in total. The van der Waals surface area contributed by atoms with E-state index in [1.165, 1.54) is 16.4 Å². The predicted molar refractivity (Wildman–Crippen MR) is 89.0 cm³/mol. The molecule has 0 atom stereocenters. The summed E-state index contributed by atoms with van der Waals surface area (Å²) < 4.78 is 36.3. The van der Waals surface area contributed by atoms with Gasteiger partial charge < -0.3 is 15.2 Å². The maximum Gasteiger partial charge on any atom is 0.340 e. The van der Waals surface area contributed by atoms with Crippen LogP contribution in [0.1, 0.15) is 10.4 Å².